The Hall–Kier alpha value is -1.68. The predicted octanol–water partition coefficient (Wildman–Crippen LogP) is 4.23. The quantitative estimate of drug-likeness (QED) is 0.130. The molecular formula is C18H25F7O8S. The Balaban J connectivity index is 3.10. The van der Waals surface area contributed by atoms with Crippen LogP contribution in [0.25, 0.3) is 0 Å². The van der Waals surface area contributed by atoms with Gasteiger partial charge in [-0.1, -0.05) is 26.2 Å². The van der Waals surface area contributed by atoms with E-state index in [0.717, 1.165) is 6.42 Å². The van der Waals surface area contributed by atoms with E-state index in [4.69, 9.17) is 4.55 Å². The van der Waals surface area contributed by atoms with Crippen LogP contribution in [0.5, 0.6) is 0 Å². The second kappa shape index (κ2) is 11.4. The lowest BCUT2D eigenvalue weighted by Crippen LogP contribution is -2.59. The van der Waals surface area contributed by atoms with Crippen LogP contribution in [-0.4, -0.2) is 61.3 Å². The molecule has 0 aromatic carbocycles. The summed E-state index contributed by atoms with van der Waals surface area (Å²) in [5.74, 6) is -14.4. The fourth-order valence-electron chi connectivity index (χ4n) is 3.08. The van der Waals surface area contributed by atoms with Crippen LogP contribution >= 0.6 is 0 Å². The molecule has 0 bridgehead atoms. The molecule has 1 atom stereocenters. The van der Waals surface area contributed by atoms with Crippen molar-refractivity contribution in [1.82, 2.24) is 0 Å². The molecule has 1 aliphatic carbocycles. The van der Waals surface area contributed by atoms with Crippen LogP contribution in [0.4, 0.5) is 30.7 Å². The number of esters is 2. The maximum absolute atomic E-state index is 13.9. The molecule has 1 aliphatic rings. The maximum Gasteiger partial charge on any atom is 0.468 e. The summed E-state index contributed by atoms with van der Waals surface area (Å²) in [5, 5.41) is -5.94. The highest BCUT2D eigenvalue weighted by Gasteiger charge is 2.68. The van der Waals surface area contributed by atoms with Crippen molar-refractivity contribution in [3.8, 4) is 0 Å². The van der Waals surface area contributed by atoms with Gasteiger partial charge in [0.25, 0.3) is 0 Å². The van der Waals surface area contributed by atoms with Crippen LogP contribution in [0.2, 0.25) is 0 Å². The fraction of sp³-hybridized carbons (Fsp3) is 0.889. The maximum atomic E-state index is 13.9. The zero-order valence-corrected chi connectivity index (χ0v) is 18.8. The van der Waals surface area contributed by atoms with Gasteiger partial charge in [-0.05, 0) is 25.7 Å². The van der Waals surface area contributed by atoms with Gasteiger partial charge in [0.2, 0.25) is 0 Å². The molecule has 0 aliphatic heterocycles. The van der Waals surface area contributed by atoms with E-state index in [0.29, 0.717) is 12.8 Å². The van der Waals surface area contributed by atoms with Crippen LogP contribution in [0.3, 0.4) is 0 Å². The standard InChI is InChI=1S/C18H25F7O8S/c1-2-10-31-14(27)16(17(21,22)23,33-13(26)12-7-4-3-5-8-12)32-11-6-9-15(19,20)18(24,25)34(28,29)30/h12H,2-11H2,1H3,(H,28,29,30). The Bertz CT molecular complexity index is 810. The first-order chi connectivity index (χ1) is 15.4. The third-order valence-corrected chi connectivity index (χ3v) is 5.90. The van der Waals surface area contributed by atoms with Gasteiger partial charge >= 0.3 is 45.2 Å². The van der Waals surface area contributed by atoms with Gasteiger partial charge < -0.3 is 14.2 Å². The van der Waals surface area contributed by atoms with E-state index >= 15 is 0 Å². The average Bonchev–Trinajstić information content (AvgIpc) is 2.72. The molecule has 8 nitrogen and oxygen atoms in total. The fourth-order valence-corrected chi connectivity index (χ4v) is 3.56. The number of hydrogen-bond acceptors (Lipinski definition) is 7. The first-order valence-corrected chi connectivity index (χ1v) is 11.7. The third-order valence-electron chi connectivity index (χ3n) is 4.95. The van der Waals surface area contributed by atoms with Crippen LogP contribution in [0.1, 0.15) is 58.3 Å². The smallest absolute Gasteiger partial charge is 0.461 e. The van der Waals surface area contributed by atoms with Gasteiger partial charge in [0, 0.05) is 6.42 Å². The molecule has 1 saturated carbocycles. The molecule has 16 heteroatoms. The van der Waals surface area contributed by atoms with Crippen LogP contribution in [-0.2, 0) is 33.9 Å². The summed E-state index contributed by atoms with van der Waals surface area (Å²) in [7, 11) is -6.55. The van der Waals surface area contributed by atoms with Crippen LogP contribution < -0.4 is 0 Å². The third kappa shape index (κ3) is 6.93. The Labute approximate surface area is 190 Å². The van der Waals surface area contributed by atoms with Gasteiger partial charge in [-0.2, -0.15) is 39.2 Å². The number of hydrogen-bond donors (Lipinski definition) is 1. The summed E-state index contributed by atoms with van der Waals surface area (Å²) in [6, 6.07) is 0. The minimum absolute atomic E-state index is 0.0627. The molecule has 34 heavy (non-hydrogen) atoms. The molecule has 200 valence electrons. The van der Waals surface area contributed by atoms with Gasteiger partial charge in [-0.25, -0.2) is 4.79 Å². The molecule has 0 amide bonds. The zero-order valence-electron chi connectivity index (χ0n) is 18.0. The molecule has 1 unspecified atom stereocenters. The normalized spacial score (nSPS) is 18.3. The molecule has 0 radical (unpaired) electrons. The molecule has 0 saturated heterocycles. The van der Waals surface area contributed by atoms with Crippen molar-refractivity contribution >= 4 is 22.1 Å². The first kappa shape index (κ1) is 30.4. The molecule has 1 N–H and O–H groups in total. The highest BCUT2D eigenvalue weighted by molar-refractivity contribution is 7.87. The summed E-state index contributed by atoms with van der Waals surface area (Å²) >= 11 is 0. The Morgan fingerprint density at radius 1 is 0.971 bits per heavy atom. The Morgan fingerprint density at radius 2 is 1.53 bits per heavy atom. The monoisotopic (exact) mass is 534 g/mol. The number of halogens is 7. The van der Waals surface area contributed by atoms with E-state index < -0.39 is 77.2 Å². The molecule has 1 rings (SSSR count). The number of ether oxygens (including phenoxy) is 3. The van der Waals surface area contributed by atoms with Crippen molar-refractivity contribution in [3.05, 3.63) is 0 Å². The highest BCUT2D eigenvalue weighted by Crippen LogP contribution is 2.42. The minimum Gasteiger partial charge on any atom is -0.461 e. The summed E-state index contributed by atoms with van der Waals surface area (Å²) in [6.45, 7) is -0.593. The number of carbonyl (C=O) groups excluding carboxylic acids is 2. The lowest BCUT2D eigenvalue weighted by Gasteiger charge is -2.34. The second-order valence-electron chi connectivity index (χ2n) is 7.65. The van der Waals surface area contributed by atoms with Crippen molar-refractivity contribution in [2.45, 2.75) is 81.4 Å². The Morgan fingerprint density at radius 3 is 2.00 bits per heavy atom. The molecule has 1 fully saturated rings. The largest absolute Gasteiger partial charge is 0.468 e. The number of alkyl halides is 7. The van der Waals surface area contributed by atoms with E-state index in [1.165, 1.54) is 6.92 Å². The van der Waals surface area contributed by atoms with Crippen molar-refractivity contribution in [1.29, 1.82) is 0 Å². The van der Waals surface area contributed by atoms with E-state index in [2.05, 4.69) is 14.2 Å². The van der Waals surface area contributed by atoms with Crippen molar-refractivity contribution < 1.29 is 67.5 Å². The van der Waals surface area contributed by atoms with E-state index in [1.54, 1.807) is 0 Å². The topological polar surface area (TPSA) is 116 Å². The second-order valence-corrected chi connectivity index (χ2v) is 9.12. The van der Waals surface area contributed by atoms with E-state index in [9.17, 15) is 48.7 Å². The zero-order chi connectivity index (χ0) is 26.4. The molecule has 0 aromatic rings. The summed E-state index contributed by atoms with van der Waals surface area (Å²) < 4.78 is 138. The molecular weight excluding hydrogens is 509 g/mol. The van der Waals surface area contributed by atoms with Crippen molar-refractivity contribution in [2.24, 2.45) is 5.92 Å². The van der Waals surface area contributed by atoms with Gasteiger partial charge in [0.05, 0.1) is 19.1 Å². The lowest BCUT2D eigenvalue weighted by molar-refractivity contribution is -0.357. The summed E-state index contributed by atoms with van der Waals surface area (Å²) in [5.41, 5.74) is 0. The highest BCUT2D eigenvalue weighted by atomic mass is 32.2. The van der Waals surface area contributed by atoms with E-state index in [1.807, 2.05) is 0 Å². The first-order valence-electron chi connectivity index (χ1n) is 10.3. The van der Waals surface area contributed by atoms with E-state index in [-0.39, 0.29) is 19.3 Å². The average molecular weight is 534 g/mol. The van der Waals surface area contributed by atoms with Gasteiger partial charge in [-0.3, -0.25) is 9.35 Å². The van der Waals surface area contributed by atoms with Crippen LogP contribution in [0.15, 0.2) is 0 Å². The SMILES string of the molecule is CCCOC(=O)C(OCCCC(F)(F)C(F)(F)S(=O)(=O)O)(OC(=O)C1CCCCC1)C(F)(F)F. The predicted molar refractivity (Wildman–Crippen MR) is 99.3 cm³/mol. The Kier molecular flexibility index (Phi) is 10.2. The summed E-state index contributed by atoms with van der Waals surface area (Å²) in [4.78, 5) is 24.6. The summed E-state index contributed by atoms with van der Waals surface area (Å²) in [6.07, 6.45) is -7.00. The molecule has 0 spiro atoms. The number of carbonyl (C=O) groups is 2. The minimum atomic E-state index is -6.55. The van der Waals surface area contributed by atoms with Gasteiger partial charge in [0.15, 0.2) is 0 Å². The van der Waals surface area contributed by atoms with Gasteiger partial charge in [-0.15, -0.1) is 0 Å². The number of rotatable bonds is 12. The molecule has 0 aromatic heterocycles. The van der Waals surface area contributed by atoms with Crippen molar-refractivity contribution in [3.63, 3.8) is 0 Å². The van der Waals surface area contributed by atoms with Crippen LogP contribution in [0, 0.1) is 5.92 Å². The molecule has 0 heterocycles. The van der Waals surface area contributed by atoms with Gasteiger partial charge in [0.1, 0.15) is 0 Å². The van der Waals surface area contributed by atoms with Crippen molar-refractivity contribution in [2.75, 3.05) is 13.2 Å². The lowest BCUT2D eigenvalue weighted by atomic mass is 9.89.